The van der Waals surface area contributed by atoms with Crippen LogP contribution in [-0.2, 0) is 18.4 Å². The normalized spacial score (nSPS) is 11.0. The second kappa shape index (κ2) is 7.16. The van der Waals surface area contributed by atoms with Crippen molar-refractivity contribution in [1.82, 2.24) is 14.8 Å². The highest BCUT2D eigenvalue weighted by atomic mass is 16.5. The van der Waals surface area contributed by atoms with Crippen LogP contribution in [0.25, 0.3) is 11.0 Å². The highest BCUT2D eigenvalue weighted by Crippen LogP contribution is 2.23. The van der Waals surface area contributed by atoms with Crippen molar-refractivity contribution in [2.24, 2.45) is 7.05 Å². The van der Waals surface area contributed by atoms with E-state index in [1.807, 2.05) is 6.92 Å². The number of methoxy groups -OCH3 is 1. The summed E-state index contributed by atoms with van der Waals surface area (Å²) in [6, 6.07) is 6.32. The molecule has 27 heavy (non-hydrogen) atoms. The van der Waals surface area contributed by atoms with Crippen LogP contribution in [0.15, 0.2) is 24.3 Å². The van der Waals surface area contributed by atoms with E-state index in [1.165, 1.54) is 19.2 Å². The molecule has 8 nitrogen and oxygen atoms in total. The number of aromatic carboxylic acids is 1. The summed E-state index contributed by atoms with van der Waals surface area (Å²) in [7, 11) is 3.30. The fraction of sp³-hybridized carbons (Fsp3) is 0.263. The van der Waals surface area contributed by atoms with Crippen molar-refractivity contribution in [2.75, 3.05) is 12.4 Å². The van der Waals surface area contributed by atoms with Crippen molar-refractivity contribution < 1.29 is 19.4 Å². The lowest BCUT2D eigenvalue weighted by molar-refractivity contribution is 0.0696. The van der Waals surface area contributed by atoms with Gasteiger partial charge in [0, 0.05) is 25.5 Å². The monoisotopic (exact) mass is 368 g/mol. The highest BCUT2D eigenvalue weighted by molar-refractivity contribution is 6.13. The predicted molar refractivity (Wildman–Crippen MR) is 100 cm³/mol. The van der Waals surface area contributed by atoms with Gasteiger partial charge in [-0.3, -0.25) is 9.48 Å². The van der Waals surface area contributed by atoms with E-state index >= 15 is 0 Å². The molecule has 0 saturated carbocycles. The zero-order valence-corrected chi connectivity index (χ0v) is 15.5. The lowest BCUT2D eigenvalue weighted by Gasteiger charge is -2.10. The van der Waals surface area contributed by atoms with Crippen molar-refractivity contribution in [1.29, 1.82) is 0 Å². The molecule has 0 aliphatic carbocycles. The van der Waals surface area contributed by atoms with Crippen molar-refractivity contribution in [3.63, 3.8) is 0 Å². The Morgan fingerprint density at radius 2 is 1.96 bits per heavy atom. The zero-order valence-electron chi connectivity index (χ0n) is 15.5. The molecule has 0 bridgehead atoms. The standard InChI is InChI=1S/C19H20N4O4/c1-10-5-15(16-11(2)22-23(3)17(16)20-10)18(24)21-14-7-12(9-27-4)6-13(8-14)19(25)26/h5-8H,9H2,1-4H3,(H,21,24)(H,25,26). The number of nitrogens with one attached hydrogen (secondary N) is 1. The Bertz CT molecular complexity index is 1060. The number of carboxylic acid groups (broad SMARTS) is 1. The number of ether oxygens (including phenoxy) is 1. The molecular formula is C19H20N4O4. The van der Waals surface area contributed by atoms with Gasteiger partial charge >= 0.3 is 5.97 Å². The molecule has 2 heterocycles. The third-order valence-electron chi connectivity index (χ3n) is 4.15. The first-order valence-electron chi connectivity index (χ1n) is 8.28. The first kappa shape index (κ1) is 18.5. The molecule has 1 aromatic carbocycles. The molecule has 140 valence electrons. The Balaban J connectivity index is 2.03. The Kier molecular flexibility index (Phi) is 4.91. The van der Waals surface area contributed by atoms with Crippen LogP contribution in [0.4, 0.5) is 5.69 Å². The Hall–Kier alpha value is -3.26. The Labute approximate surface area is 155 Å². The lowest BCUT2D eigenvalue weighted by atomic mass is 10.1. The minimum atomic E-state index is -1.08. The number of amides is 1. The van der Waals surface area contributed by atoms with Gasteiger partial charge in [-0.25, -0.2) is 9.78 Å². The van der Waals surface area contributed by atoms with Gasteiger partial charge in [0.15, 0.2) is 5.65 Å². The van der Waals surface area contributed by atoms with E-state index in [0.29, 0.717) is 39.2 Å². The van der Waals surface area contributed by atoms with Gasteiger partial charge in [-0.1, -0.05) is 0 Å². The zero-order chi connectivity index (χ0) is 19.7. The van der Waals surface area contributed by atoms with Crippen molar-refractivity contribution in [3.05, 3.63) is 52.3 Å². The molecule has 2 aromatic heterocycles. The summed E-state index contributed by atoms with van der Waals surface area (Å²) in [5.74, 6) is -1.43. The smallest absolute Gasteiger partial charge is 0.335 e. The van der Waals surface area contributed by atoms with E-state index in [2.05, 4.69) is 15.4 Å². The highest BCUT2D eigenvalue weighted by Gasteiger charge is 2.18. The molecule has 3 aromatic rings. The third-order valence-corrected chi connectivity index (χ3v) is 4.15. The van der Waals surface area contributed by atoms with E-state index in [0.717, 1.165) is 0 Å². The number of carboxylic acids is 1. The number of nitrogens with zero attached hydrogens (tertiary/aromatic N) is 3. The van der Waals surface area contributed by atoms with E-state index in [4.69, 9.17) is 4.74 Å². The maximum Gasteiger partial charge on any atom is 0.335 e. The van der Waals surface area contributed by atoms with Gasteiger partial charge in [-0.05, 0) is 43.7 Å². The molecule has 0 unspecified atom stereocenters. The number of pyridine rings is 1. The molecule has 1 amide bonds. The maximum absolute atomic E-state index is 12.9. The molecule has 2 N–H and O–H groups in total. The van der Waals surface area contributed by atoms with Crippen LogP contribution in [0, 0.1) is 13.8 Å². The van der Waals surface area contributed by atoms with Crippen LogP contribution in [-0.4, -0.2) is 38.9 Å². The minimum absolute atomic E-state index is 0.0773. The molecule has 0 spiro atoms. The van der Waals surface area contributed by atoms with Gasteiger partial charge in [0.1, 0.15) is 0 Å². The molecule has 0 radical (unpaired) electrons. The van der Waals surface area contributed by atoms with Gasteiger partial charge in [-0.15, -0.1) is 0 Å². The van der Waals surface area contributed by atoms with Gasteiger partial charge in [0.05, 0.1) is 28.8 Å². The summed E-state index contributed by atoms with van der Waals surface area (Å²) in [6.45, 7) is 3.86. The van der Waals surface area contributed by atoms with E-state index in [1.54, 1.807) is 30.8 Å². The summed E-state index contributed by atoms with van der Waals surface area (Å²) < 4.78 is 6.71. The summed E-state index contributed by atoms with van der Waals surface area (Å²) >= 11 is 0. The Morgan fingerprint density at radius 1 is 1.22 bits per heavy atom. The summed E-state index contributed by atoms with van der Waals surface area (Å²) in [5.41, 5.74) is 3.57. The fourth-order valence-electron chi connectivity index (χ4n) is 3.09. The summed E-state index contributed by atoms with van der Waals surface area (Å²) in [5, 5.41) is 17.1. The molecule has 0 aliphatic rings. The van der Waals surface area contributed by atoms with Crippen molar-refractivity contribution >= 4 is 28.6 Å². The van der Waals surface area contributed by atoms with Gasteiger partial charge in [0.2, 0.25) is 0 Å². The number of hydrogen-bond acceptors (Lipinski definition) is 5. The van der Waals surface area contributed by atoms with Crippen LogP contribution < -0.4 is 5.32 Å². The van der Waals surface area contributed by atoms with E-state index in [9.17, 15) is 14.7 Å². The largest absolute Gasteiger partial charge is 0.478 e. The number of benzene rings is 1. The molecule has 8 heteroatoms. The molecule has 3 rings (SSSR count). The molecular weight excluding hydrogens is 348 g/mol. The third kappa shape index (κ3) is 3.65. The molecule has 0 saturated heterocycles. The molecule has 0 atom stereocenters. The average Bonchev–Trinajstić information content (AvgIpc) is 2.88. The van der Waals surface area contributed by atoms with Crippen LogP contribution in [0.1, 0.15) is 37.7 Å². The van der Waals surface area contributed by atoms with E-state index in [-0.39, 0.29) is 18.1 Å². The second-order valence-corrected chi connectivity index (χ2v) is 6.33. The summed E-state index contributed by atoms with van der Waals surface area (Å²) in [6.07, 6.45) is 0. The van der Waals surface area contributed by atoms with Crippen LogP contribution >= 0.6 is 0 Å². The van der Waals surface area contributed by atoms with Crippen LogP contribution in [0.2, 0.25) is 0 Å². The average molecular weight is 368 g/mol. The quantitative estimate of drug-likeness (QED) is 0.717. The number of carbonyl (C=O) groups is 2. The van der Waals surface area contributed by atoms with Crippen LogP contribution in [0.5, 0.6) is 0 Å². The number of rotatable bonds is 5. The van der Waals surface area contributed by atoms with E-state index < -0.39 is 5.97 Å². The second-order valence-electron chi connectivity index (χ2n) is 6.33. The summed E-state index contributed by atoms with van der Waals surface area (Å²) in [4.78, 5) is 28.7. The number of aromatic nitrogens is 3. The number of fused-ring (bicyclic) bond motifs is 1. The first-order valence-corrected chi connectivity index (χ1v) is 8.28. The minimum Gasteiger partial charge on any atom is -0.478 e. The first-order chi connectivity index (χ1) is 12.8. The number of carbonyl (C=O) groups excluding carboxylic acids is 1. The molecule has 0 aliphatic heterocycles. The number of hydrogen-bond donors (Lipinski definition) is 2. The van der Waals surface area contributed by atoms with Gasteiger partial charge in [0.25, 0.3) is 5.91 Å². The van der Waals surface area contributed by atoms with Crippen molar-refractivity contribution in [2.45, 2.75) is 20.5 Å². The molecule has 0 fully saturated rings. The topological polar surface area (TPSA) is 106 Å². The predicted octanol–water partition coefficient (Wildman–Crippen LogP) is 2.68. The Morgan fingerprint density at radius 3 is 2.63 bits per heavy atom. The van der Waals surface area contributed by atoms with Crippen molar-refractivity contribution in [3.8, 4) is 0 Å². The van der Waals surface area contributed by atoms with Gasteiger partial charge < -0.3 is 15.2 Å². The maximum atomic E-state index is 12.9. The van der Waals surface area contributed by atoms with Crippen LogP contribution in [0.3, 0.4) is 0 Å². The SMILES string of the molecule is COCc1cc(NC(=O)c2cc(C)nc3c2c(C)nn3C)cc(C(=O)O)c1. The van der Waals surface area contributed by atoms with Gasteiger partial charge in [-0.2, -0.15) is 5.10 Å². The fourth-order valence-corrected chi connectivity index (χ4v) is 3.09. The number of anilines is 1. The number of aryl methyl sites for hydroxylation is 3. The lowest BCUT2D eigenvalue weighted by Crippen LogP contribution is -2.14.